The molecule has 0 aliphatic rings. The van der Waals surface area contributed by atoms with E-state index in [-0.39, 0.29) is 6.61 Å². The number of aliphatic hydroxyl groups is 1. The molecule has 0 saturated heterocycles. The van der Waals surface area contributed by atoms with E-state index < -0.39 is 6.03 Å². The first-order chi connectivity index (χ1) is 6.15. The van der Waals surface area contributed by atoms with Crippen LogP contribution < -0.4 is 11.1 Å². The molecule has 13 heavy (non-hydrogen) atoms. The Balaban J connectivity index is 3.07. The van der Waals surface area contributed by atoms with E-state index in [9.17, 15) is 4.79 Å². The fourth-order valence-electron chi connectivity index (χ4n) is 1.16. The second-order valence-corrected chi connectivity index (χ2v) is 2.76. The van der Waals surface area contributed by atoms with E-state index in [4.69, 9.17) is 10.8 Å². The van der Waals surface area contributed by atoms with Crippen LogP contribution in [0, 0.1) is 6.92 Å². The Morgan fingerprint density at radius 3 is 2.85 bits per heavy atom. The molecule has 0 aliphatic carbocycles. The van der Waals surface area contributed by atoms with Crippen LogP contribution in [0.4, 0.5) is 10.5 Å². The molecule has 70 valence electrons. The van der Waals surface area contributed by atoms with Gasteiger partial charge in [0.05, 0.1) is 12.3 Å². The third-order valence-corrected chi connectivity index (χ3v) is 1.78. The minimum absolute atomic E-state index is 0.114. The van der Waals surface area contributed by atoms with Crippen LogP contribution in [0.3, 0.4) is 0 Å². The van der Waals surface area contributed by atoms with Gasteiger partial charge in [-0.15, -0.1) is 0 Å². The molecule has 0 bridgehead atoms. The summed E-state index contributed by atoms with van der Waals surface area (Å²) in [5.41, 5.74) is 7.13. The van der Waals surface area contributed by atoms with E-state index in [1.54, 1.807) is 6.07 Å². The van der Waals surface area contributed by atoms with Gasteiger partial charge >= 0.3 is 6.03 Å². The number of benzene rings is 1. The Hall–Kier alpha value is -1.55. The van der Waals surface area contributed by atoms with Crippen molar-refractivity contribution >= 4 is 11.7 Å². The zero-order chi connectivity index (χ0) is 9.84. The molecule has 1 rings (SSSR count). The van der Waals surface area contributed by atoms with Crippen LogP contribution in [0.15, 0.2) is 18.2 Å². The van der Waals surface area contributed by atoms with E-state index in [0.29, 0.717) is 11.3 Å². The number of carbonyl (C=O) groups is 1. The summed E-state index contributed by atoms with van der Waals surface area (Å²) < 4.78 is 0. The summed E-state index contributed by atoms with van der Waals surface area (Å²) in [6.07, 6.45) is 0. The first kappa shape index (κ1) is 9.54. The number of para-hydroxylation sites is 1. The van der Waals surface area contributed by atoms with Crippen molar-refractivity contribution in [1.82, 2.24) is 0 Å². The SMILES string of the molecule is Cc1cccc(CO)c1NC(N)=O. The number of anilines is 1. The molecule has 0 heterocycles. The first-order valence-electron chi connectivity index (χ1n) is 3.91. The number of nitrogens with one attached hydrogen (secondary N) is 1. The molecule has 4 heteroatoms. The van der Waals surface area contributed by atoms with Gasteiger partial charge in [0.25, 0.3) is 0 Å². The molecule has 0 aliphatic heterocycles. The number of aliphatic hydroxyl groups excluding tert-OH is 1. The third kappa shape index (κ3) is 2.19. The van der Waals surface area contributed by atoms with Crippen molar-refractivity contribution in [1.29, 1.82) is 0 Å². The molecule has 1 aromatic rings. The normalized spacial score (nSPS) is 9.69. The van der Waals surface area contributed by atoms with Gasteiger partial charge in [-0.25, -0.2) is 4.79 Å². The molecule has 1 aromatic carbocycles. The Morgan fingerprint density at radius 2 is 2.31 bits per heavy atom. The van der Waals surface area contributed by atoms with Crippen molar-refractivity contribution in [2.75, 3.05) is 5.32 Å². The number of hydrogen-bond donors (Lipinski definition) is 3. The zero-order valence-corrected chi connectivity index (χ0v) is 7.37. The third-order valence-electron chi connectivity index (χ3n) is 1.78. The summed E-state index contributed by atoms with van der Waals surface area (Å²) in [4.78, 5) is 10.6. The highest BCUT2D eigenvalue weighted by molar-refractivity contribution is 5.89. The Labute approximate surface area is 76.4 Å². The second kappa shape index (κ2) is 3.91. The van der Waals surface area contributed by atoms with Gasteiger partial charge in [-0.1, -0.05) is 18.2 Å². The molecular formula is C9H12N2O2. The molecule has 0 spiro atoms. The Morgan fingerprint density at radius 1 is 1.62 bits per heavy atom. The maximum absolute atomic E-state index is 10.6. The quantitative estimate of drug-likeness (QED) is 0.634. The largest absolute Gasteiger partial charge is 0.392 e. The molecule has 4 N–H and O–H groups in total. The summed E-state index contributed by atoms with van der Waals surface area (Å²) in [6, 6.07) is 4.76. The lowest BCUT2D eigenvalue weighted by molar-refractivity contribution is 0.259. The van der Waals surface area contributed by atoms with Gasteiger partial charge in [-0.2, -0.15) is 0 Å². The molecule has 0 fully saturated rings. The maximum Gasteiger partial charge on any atom is 0.316 e. The average molecular weight is 180 g/mol. The predicted octanol–water partition coefficient (Wildman–Crippen LogP) is 0.978. The minimum atomic E-state index is -0.621. The lowest BCUT2D eigenvalue weighted by Crippen LogP contribution is -2.20. The summed E-state index contributed by atoms with van der Waals surface area (Å²) in [6.45, 7) is 1.72. The lowest BCUT2D eigenvalue weighted by Gasteiger charge is -2.10. The monoisotopic (exact) mass is 180 g/mol. The van der Waals surface area contributed by atoms with E-state index in [1.165, 1.54) is 0 Å². The van der Waals surface area contributed by atoms with Crippen LogP contribution in [-0.2, 0) is 6.61 Å². The highest BCUT2D eigenvalue weighted by Gasteiger charge is 2.05. The van der Waals surface area contributed by atoms with Crippen molar-refractivity contribution in [3.05, 3.63) is 29.3 Å². The van der Waals surface area contributed by atoms with Crippen molar-refractivity contribution in [2.45, 2.75) is 13.5 Å². The highest BCUT2D eigenvalue weighted by Crippen LogP contribution is 2.19. The maximum atomic E-state index is 10.6. The molecule has 0 radical (unpaired) electrons. The Kier molecular flexibility index (Phi) is 2.87. The molecule has 0 atom stereocenters. The zero-order valence-electron chi connectivity index (χ0n) is 7.37. The standard InChI is InChI=1S/C9H12N2O2/c1-6-3-2-4-7(5-12)8(6)11-9(10)13/h2-4,12H,5H2,1H3,(H3,10,11,13). The van der Waals surface area contributed by atoms with Crippen LogP contribution in [-0.4, -0.2) is 11.1 Å². The van der Waals surface area contributed by atoms with Crippen LogP contribution in [0.1, 0.15) is 11.1 Å². The van der Waals surface area contributed by atoms with Gasteiger partial charge in [0.1, 0.15) is 0 Å². The van der Waals surface area contributed by atoms with Gasteiger partial charge in [0, 0.05) is 5.56 Å². The smallest absolute Gasteiger partial charge is 0.316 e. The molecule has 4 nitrogen and oxygen atoms in total. The summed E-state index contributed by atoms with van der Waals surface area (Å²) in [7, 11) is 0. The minimum Gasteiger partial charge on any atom is -0.392 e. The predicted molar refractivity (Wildman–Crippen MR) is 50.3 cm³/mol. The van der Waals surface area contributed by atoms with Crippen molar-refractivity contribution in [2.24, 2.45) is 5.73 Å². The first-order valence-corrected chi connectivity index (χ1v) is 3.91. The van der Waals surface area contributed by atoms with Crippen LogP contribution in [0.2, 0.25) is 0 Å². The van der Waals surface area contributed by atoms with E-state index in [2.05, 4.69) is 5.32 Å². The Bertz CT molecular complexity index is 323. The van der Waals surface area contributed by atoms with Gasteiger partial charge in [0.2, 0.25) is 0 Å². The second-order valence-electron chi connectivity index (χ2n) is 2.76. The van der Waals surface area contributed by atoms with Gasteiger partial charge < -0.3 is 16.2 Å². The number of aryl methyl sites for hydroxylation is 1. The van der Waals surface area contributed by atoms with Crippen molar-refractivity contribution < 1.29 is 9.90 Å². The summed E-state index contributed by atoms with van der Waals surface area (Å²) >= 11 is 0. The van der Waals surface area contributed by atoms with E-state index >= 15 is 0 Å². The van der Waals surface area contributed by atoms with Crippen LogP contribution in [0.5, 0.6) is 0 Å². The van der Waals surface area contributed by atoms with E-state index in [0.717, 1.165) is 5.56 Å². The topological polar surface area (TPSA) is 75.3 Å². The molecule has 0 unspecified atom stereocenters. The van der Waals surface area contributed by atoms with Crippen LogP contribution >= 0.6 is 0 Å². The molecular weight excluding hydrogens is 168 g/mol. The number of nitrogens with two attached hydrogens (primary N) is 1. The number of urea groups is 1. The van der Waals surface area contributed by atoms with Crippen LogP contribution in [0.25, 0.3) is 0 Å². The number of rotatable bonds is 2. The number of hydrogen-bond acceptors (Lipinski definition) is 2. The lowest BCUT2D eigenvalue weighted by atomic mass is 10.1. The van der Waals surface area contributed by atoms with Gasteiger partial charge in [-0.3, -0.25) is 0 Å². The summed E-state index contributed by atoms with van der Waals surface area (Å²) in [5.74, 6) is 0. The van der Waals surface area contributed by atoms with Crippen molar-refractivity contribution in [3.63, 3.8) is 0 Å². The molecule has 2 amide bonds. The number of carbonyl (C=O) groups excluding carboxylic acids is 1. The van der Waals surface area contributed by atoms with Crippen molar-refractivity contribution in [3.8, 4) is 0 Å². The number of amides is 2. The molecule has 0 aromatic heterocycles. The fraction of sp³-hybridized carbons (Fsp3) is 0.222. The van der Waals surface area contributed by atoms with E-state index in [1.807, 2.05) is 19.1 Å². The van der Waals surface area contributed by atoms with Gasteiger partial charge in [-0.05, 0) is 12.5 Å². The fourth-order valence-corrected chi connectivity index (χ4v) is 1.16. The highest BCUT2D eigenvalue weighted by atomic mass is 16.3. The average Bonchev–Trinajstić information content (AvgIpc) is 2.08. The number of primary amides is 1. The van der Waals surface area contributed by atoms with Gasteiger partial charge in [0.15, 0.2) is 0 Å². The summed E-state index contributed by atoms with van der Waals surface area (Å²) in [5, 5.41) is 11.4. The molecule has 0 saturated carbocycles.